The Morgan fingerprint density at radius 2 is 1.91 bits per heavy atom. The highest BCUT2D eigenvalue weighted by molar-refractivity contribution is 5.79. The minimum absolute atomic E-state index is 0.0572. The second-order valence-electron chi connectivity index (χ2n) is 6.26. The highest BCUT2D eigenvalue weighted by Gasteiger charge is 2.20. The highest BCUT2D eigenvalue weighted by Crippen LogP contribution is 2.20. The number of nitrogens with zero attached hydrogens (tertiary/aromatic N) is 2. The number of aromatic nitrogens is 2. The SMILES string of the molecule is Cc1nn(-c2ccc(F)cc2)c(C)c1CC(=O)NC1CCCC1. The van der Waals surface area contributed by atoms with E-state index in [0.717, 1.165) is 35.5 Å². The quantitative estimate of drug-likeness (QED) is 0.941. The zero-order valence-corrected chi connectivity index (χ0v) is 13.6. The van der Waals surface area contributed by atoms with Crippen molar-refractivity contribution in [3.63, 3.8) is 0 Å². The summed E-state index contributed by atoms with van der Waals surface area (Å²) in [6.45, 7) is 3.85. The molecule has 0 atom stereocenters. The molecular weight excluding hydrogens is 293 g/mol. The molecule has 0 unspecified atom stereocenters. The highest BCUT2D eigenvalue weighted by atomic mass is 19.1. The number of carbonyl (C=O) groups excluding carboxylic acids is 1. The van der Waals surface area contributed by atoms with Gasteiger partial charge in [0.15, 0.2) is 0 Å². The number of hydrogen-bond donors (Lipinski definition) is 1. The van der Waals surface area contributed by atoms with Crippen LogP contribution in [0.4, 0.5) is 4.39 Å². The van der Waals surface area contributed by atoms with Gasteiger partial charge in [-0.3, -0.25) is 4.79 Å². The van der Waals surface area contributed by atoms with E-state index in [0.29, 0.717) is 12.5 Å². The molecule has 0 bridgehead atoms. The van der Waals surface area contributed by atoms with Crippen LogP contribution in [0.5, 0.6) is 0 Å². The van der Waals surface area contributed by atoms with Crippen LogP contribution in [0.25, 0.3) is 5.69 Å². The van der Waals surface area contributed by atoms with Gasteiger partial charge in [0.25, 0.3) is 0 Å². The molecule has 1 aliphatic rings. The second-order valence-corrected chi connectivity index (χ2v) is 6.26. The third-order valence-corrected chi connectivity index (χ3v) is 4.57. The summed E-state index contributed by atoms with van der Waals surface area (Å²) in [5.41, 5.74) is 3.52. The van der Waals surface area contributed by atoms with Gasteiger partial charge in [0.05, 0.1) is 17.8 Å². The van der Waals surface area contributed by atoms with E-state index in [1.807, 2.05) is 13.8 Å². The van der Waals surface area contributed by atoms with E-state index >= 15 is 0 Å². The molecule has 0 saturated heterocycles. The third-order valence-electron chi connectivity index (χ3n) is 4.57. The van der Waals surface area contributed by atoms with E-state index in [1.165, 1.54) is 25.0 Å². The molecule has 0 spiro atoms. The monoisotopic (exact) mass is 315 g/mol. The number of rotatable bonds is 4. The van der Waals surface area contributed by atoms with E-state index in [1.54, 1.807) is 16.8 Å². The van der Waals surface area contributed by atoms with Crippen molar-refractivity contribution < 1.29 is 9.18 Å². The number of aryl methyl sites for hydroxylation is 1. The number of hydrogen-bond acceptors (Lipinski definition) is 2. The Hall–Kier alpha value is -2.17. The molecule has 1 amide bonds. The summed E-state index contributed by atoms with van der Waals surface area (Å²) in [5.74, 6) is -0.215. The lowest BCUT2D eigenvalue weighted by molar-refractivity contribution is -0.121. The van der Waals surface area contributed by atoms with Crippen LogP contribution in [0.2, 0.25) is 0 Å². The predicted molar refractivity (Wildman–Crippen MR) is 87.1 cm³/mol. The summed E-state index contributed by atoms with van der Waals surface area (Å²) < 4.78 is 14.8. The summed E-state index contributed by atoms with van der Waals surface area (Å²) in [7, 11) is 0. The molecule has 0 radical (unpaired) electrons. The molecule has 1 heterocycles. The van der Waals surface area contributed by atoms with Crippen LogP contribution in [-0.4, -0.2) is 21.7 Å². The number of halogens is 1. The van der Waals surface area contributed by atoms with Gasteiger partial charge in [0, 0.05) is 17.3 Å². The first-order valence-corrected chi connectivity index (χ1v) is 8.15. The Bertz CT molecular complexity index is 700. The molecule has 2 aromatic rings. The summed E-state index contributed by atoms with van der Waals surface area (Å²) in [6.07, 6.45) is 4.91. The number of carbonyl (C=O) groups is 1. The molecule has 1 fully saturated rings. The minimum atomic E-state index is -0.272. The lowest BCUT2D eigenvalue weighted by Gasteiger charge is -2.12. The molecule has 0 aliphatic heterocycles. The van der Waals surface area contributed by atoms with Crippen LogP contribution >= 0.6 is 0 Å². The second kappa shape index (κ2) is 6.52. The van der Waals surface area contributed by atoms with Crippen LogP contribution in [0.3, 0.4) is 0 Å². The van der Waals surface area contributed by atoms with E-state index in [4.69, 9.17) is 0 Å². The summed E-state index contributed by atoms with van der Waals surface area (Å²) >= 11 is 0. The van der Waals surface area contributed by atoms with Crippen molar-refractivity contribution >= 4 is 5.91 Å². The number of benzene rings is 1. The predicted octanol–water partition coefficient (Wildman–Crippen LogP) is 3.23. The Morgan fingerprint density at radius 1 is 1.26 bits per heavy atom. The smallest absolute Gasteiger partial charge is 0.224 e. The van der Waals surface area contributed by atoms with Crippen molar-refractivity contribution in [1.82, 2.24) is 15.1 Å². The lowest BCUT2D eigenvalue weighted by Crippen LogP contribution is -2.33. The fourth-order valence-corrected chi connectivity index (χ4v) is 3.27. The largest absolute Gasteiger partial charge is 0.353 e. The van der Waals surface area contributed by atoms with Gasteiger partial charge in [-0.05, 0) is 51.0 Å². The Kier molecular flexibility index (Phi) is 4.46. The molecule has 1 aromatic heterocycles. The molecular formula is C18H22FN3O. The van der Waals surface area contributed by atoms with Gasteiger partial charge >= 0.3 is 0 Å². The van der Waals surface area contributed by atoms with Gasteiger partial charge in [-0.2, -0.15) is 5.10 Å². The number of amides is 1. The van der Waals surface area contributed by atoms with Crippen molar-refractivity contribution in [1.29, 1.82) is 0 Å². The molecule has 1 N–H and O–H groups in total. The zero-order valence-electron chi connectivity index (χ0n) is 13.6. The fourth-order valence-electron chi connectivity index (χ4n) is 3.27. The van der Waals surface area contributed by atoms with Crippen molar-refractivity contribution in [2.75, 3.05) is 0 Å². The standard InChI is InChI=1S/C18H22FN3O/c1-12-17(11-18(23)20-15-5-3-4-6-15)13(2)22(21-12)16-9-7-14(19)8-10-16/h7-10,15H,3-6,11H2,1-2H3,(H,20,23). The lowest BCUT2D eigenvalue weighted by atomic mass is 10.1. The molecule has 4 nitrogen and oxygen atoms in total. The Balaban J connectivity index is 1.77. The fraction of sp³-hybridized carbons (Fsp3) is 0.444. The van der Waals surface area contributed by atoms with Gasteiger partial charge in [-0.15, -0.1) is 0 Å². The van der Waals surface area contributed by atoms with Gasteiger partial charge < -0.3 is 5.32 Å². The van der Waals surface area contributed by atoms with E-state index in [2.05, 4.69) is 10.4 Å². The van der Waals surface area contributed by atoms with Crippen LogP contribution < -0.4 is 5.32 Å². The maximum absolute atomic E-state index is 13.1. The molecule has 3 rings (SSSR count). The number of nitrogens with one attached hydrogen (secondary N) is 1. The van der Waals surface area contributed by atoms with E-state index in [9.17, 15) is 9.18 Å². The summed E-state index contributed by atoms with van der Waals surface area (Å²) in [4.78, 5) is 12.3. The van der Waals surface area contributed by atoms with Crippen LogP contribution in [-0.2, 0) is 11.2 Å². The Labute approximate surface area is 135 Å². The molecule has 23 heavy (non-hydrogen) atoms. The maximum Gasteiger partial charge on any atom is 0.224 e. The summed E-state index contributed by atoms with van der Waals surface area (Å²) in [6, 6.07) is 6.54. The van der Waals surface area contributed by atoms with Gasteiger partial charge in [-0.1, -0.05) is 12.8 Å². The average Bonchev–Trinajstić information content (AvgIpc) is 3.12. The Morgan fingerprint density at radius 3 is 2.57 bits per heavy atom. The first-order valence-electron chi connectivity index (χ1n) is 8.15. The third kappa shape index (κ3) is 3.44. The molecule has 1 aromatic carbocycles. The minimum Gasteiger partial charge on any atom is -0.353 e. The van der Waals surface area contributed by atoms with Crippen LogP contribution in [0.15, 0.2) is 24.3 Å². The first-order chi connectivity index (χ1) is 11.0. The zero-order chi connectivity index (χ0) is 16.4. The normalized spacial score (nSPS) is 15.1. The first kappa shape index (κ1) is 15.7. The average molecular weight is 315 g/mol. The molecule has 122 valence electrons. The van der Waals surface area contributed by atoms with Crippen molar-refractivity contribution in [3.8, 4) is 5.69 Å². The topological polar surface area (TPSA) is 46.9 Å². The molecule has 5 heteroatoms. The molecule has 1 aliphatic carbocycles. The van der Waals surface area contributed by atoms with Gasteiger partial charge in [-0.25, -0.2) is 9.07 Å². The van der Waals surface area contributed by atoms with Gasteiger partial charge in [0.2, 0.25) is 5.91 Å². The van der Waals surface area contributed by atoms with Crippen LogP contribution in [0, 0.1) is 19.7 Å². The molecule has 1 saturated carbocycles. The van der Waals surface area contributed by atoms with Crippen molar-refractivity contribution in [2.24, 2.45) is 0 Å². The van der Waals surface area contributed by atoms with Crippen molar-refractivity contribution in [3.05, 3.63) is 47.0 Å². The maximum atomic E-state index is 13.1. The van der Waals surface area contributed by atoms with Crippen molar-refractivity contribution in [2.45, 2.75) is 52.0 Å². The van der Waals surface area contributed by atoms with Gasteiger partial charge in [0.1, 0.15) is 5.82 Å². The van der Waals surface area contributed by atoms with E-state index in [-0.39, 0.29) is 11.7 Å². The van der Waals surface area contributed by atoms with E-state index < -0.39 is 0 Å². The summed E-state index contributed by atoms with van der Waals surface area (Å²) in [5, 5.41) is 7.62. The van der Waals surface area contributed by atoms with Crippen LogP contribution in [0.1, 0.15) is 42.6 Å².